The molecule has 2 N–H and O–H groups in total. The second kappa shape index (κ2) is 7.77. The van der Waals surface area contributed by atoms with Crippen LogP contribution in [0.3, 0.4) is 0 Å². The van der Waals surface area contributed by atoms with Crippen LogP contribution in [0, 0.1) is 27.7 Å². The number of benzene rings is 2. The van der Waals surface area contributed by atoms with Crippen LogP contribution in [0.25, 0.3) is 0 Å². The molecule has 0 aliphatic heterocycles. The van der Waals surface area contributed by atoms with Gasteiger partial charge in [-0.3, -0.25) is 9.59 Å². The van der Waals surface area contributed by atoms with Crippen molar-refractivity contribution in [1.82, 2.24) is 5.32 Å². The Morgan fingerprint density at radius 2 is 1.54 bits per heavy atom. The molecule has 2 aromatic carbocycles. The maximum absolute atomic E-state index is 12.1. The third kappa shape index (κ3) is 4.95. The molecule has 0 atom stereocenters. The van der Waals surface area contributed by atoms with E-state index in [1.54, 1.807) is 0 Å². The lowest BCUT2D eigenvalue weighted by molar-refractivity contribution is -0.123. The van der Waals surface area contributed by atoms with Crippen molar-refractivity contribution in [3.63, 3.8) is 0 Å². The summed E-state index contributed by atoms with van der Waals surface area (Å²) in [6.07, 6.45) is 0.275. The zero-order valence-corrected chi connectivity index (χ0v) is 14.7. The maximum Gasteiger partial charge on any atom is 0.243 e. The van der Waals surface area contributed by atoms with Crippen LogP contribution in [0.2, 0.25) is 0 Å². The Bertz CT molecular complexity index is 743. The number of carbonyl (C=O) groups excluding carboxylic acids is 2. The minimum Gasteiger partial charge on any atom is -0.347 e. The first-order chi connectivity index (χ1) is 11.3. The van der Waals surface area contributed by atoms with Crippen LogP contribution in [0.1, 0.15) is 27.8 Å². The smallest absolute Gasteiger partial charge is 0.243 e. The molecule has 4 nitrogen and oxygen atoms in total. The molecule has 0 saturated carbocycles. The monoisotopic (exact) mass is 324 g/mol. The lowest BCUT2D eigenvalue weighted by Gasteiger charge is -2.13. The van der Waals surface area contributed by atoms with Gasteiger partial charge < -0.3 is 10.6 Å². The Morgan fingerprint density at radius 3 is 2.17 bits per heavy atom. The minimum absolute atomic E-state index is 0.0304. The maximum atomic E-state index is 12.1. The lowest BCUT2D eigenvalue weighted by atomic mass is 10.1. The molecule has 0 saturated heterocycles. The van der Waals surface area contributed by atoms with E-state index in [4.69, 9.17) is 0 Å². The Hall–Kier alpha value is -2.62. The number of amides is 2. The highest BCUT2D eigenvalue weighted by Crippen LogP contribution is 2.21. The Balaban J connectivity index is 1.88. The predicted molar refractivity (Wildman–Crippen MR) is 97.2 cm³/mol. The number of anilines is 1. The highest BCUT2D eigenvalue weighted by Gasteiger charge is 2.10. The summed E-state index contributed by atoms with van der Waals surface area (Å²) < 4.78 is 0. The van der Waals surface area contributed by atoms with Crippen LogP contribution in [-0.4, -0.2) is 18.4 Å². The summed E-state index contributed by atoms with van der Waals surface area (Å²) in [7, 11) is 0. The molecule has 0 spiro atoms. The summed E-state index contributed by atoms with van der Waals surface area (Å²) >= 11 is 0. The van der Waals surface area contributed by atoms with E-state index in [1.807, 2.05) is 64.1 Å². The third-order valence-corrected chi connectivity index (χ3v) is 3.83. The van der Waals surface area contributed by atoms with Crippen LogP contribution in [-0.2, 0) is 16.0 Å². The van der Waals surface area contributed by atoms with Gasteiger partial charge in [0.2, 0.25) is 11.8 Å². The molecule has 0 radical (unpaired) electrons. The van der Waals surface area contributed by atoms with Crippen LogP contribution < -0.4 is 10.6 Å². The molecule has 0 unspecified atom stereocenters. The van der Waals surface area contributed by atoms with Gasteiger partial charge in [0.15, 0.2) is 0 Å². The van der Waals surface area contributed by atoms with Gasteiger partial charge in [0.1, 0.15) is 0 Å². The first-order valence-corrected chi connectivity index (χ1v) is 8.05. The van der Waals surface area contributed by atoms with Crippen molar-refractivity contribution in [2.45, 2.75) is 34.1 Å². The minimum atomic E-state index is -0.220. The molecule has 4 heteroatoms. The van der Waals surface area contributed by atoms with E-state index in [9.17, 15) is 9.59 Å². The van der Waals surface area contributed by atoms with E-state index in [-0.39, 0.29) is 24.8 Å². The normalized spacial score (nSPS) is 10.3. The second-order valence-corrected chi connectivity index (χ2v) is 6.26. The lowest BCUT2D eigenvalue weighted by Crippen LogP contribution is -2.34. The molecule has 126 valence electrons. The fourth-order valence-corrected chi connectivity index (χ4v) is 2.81. The van der Waals surface area contributed by atoms with Crippen LogP contribution in [0.4, 0.5) is 5.69 Å². The fourth-order valence-electron chi connectivity index (χ4n) is 2.81. The highest BCUT2D eigenvalue weighted by molar-refractivity contribution is 5.96. The van der Waals surface area contributed by atoms with E-state index in [1.165, 1.54) is 0 Å². The molecule has 2 rings (SSSR count). The van der Waals surface area contributed by atoms with Crippen LogP contribution >= 0.6 is 0 Å². The zero-order chi connectivity index (χ0) is 17.7. The molecule has 0 aliphatic rings. The summed E-state index contributed by atoms with van der Waals surface area (Å²) in [6, 6.07) is 11.8. The number of hydrogen-bond donors (Lipinski definition) is 2. The molecule has 2 aromatic rings. The van der Waals surface area contributed by atoms with Gasteiger partial charge >= 0.3 is 0 Å². The molecule has 0 aromatic heterocycles. The van der Waals surface area contributed by atoms with E-state index >= 15 is 0 Å². The number of hydrogen-bond acceptors (Lipinski definition) is 2. The van der Waals surface area contributed by atoms with Crippen molar-refractivity contribution >= 4 is 17.5 Å². The average Bonchev–Trinajstić information content (AvgIpc) is 2.49. The van der Waals surface area contributed by atoms with Gasteiger partial charge in [-0.15, -0.1) is 0 Å². The molecule has 0 fully saturated rings. The fraction of sp³-hybridized carbons (Fsp3) is 0.300. The van der Waals surface area contributed by atoms with E-state index in [0.29, 0.717) is 0 Å². The van der Waals surface area contributed by atoms with E-state index < -0.39 is 0 Å². The van der Waals surface area contributed by atoms with Crippen molar-refractivity contribution in [1.29, 1.82) is 0 Å². The zero-order valence-electron chi connectivity index (χ0n) is 14.7. The largest absolute Gasteiger partial charge is 0.347 e. The number of carbonyl (C=O) groups is 2. The van der Waals surface area contributed by atoms with Gasteiger partial charge in [0.25, 0.3) is 0 Å². The Labute approximate surface area is 143 Å². The second-order valence-electron chi connectivity index (χ2n) is 6.26. The van der Waals surface area contributed by atoms with Gasteiger partial charge in [-0.2, -0.15) is 0 Å². The van der Waals surface area contributed by atoms with Gasteiger partial charge in [0, 0.05) is 5.69 Å². The summed E-state index contributed by atoms with van der Waals surface area (Å²) in [5.41, 5.74) is 6.08. The van der Waals surface area contributed by atoms with E-state index in [2.05, 4.69) is 10.6 Å². The highest BCUT2D eigenvalue weighted by atomic mass is 16.2. The van der Waals surface area contributed by atoms with Crippen molar-refractivity contribution in [2.75, 3.05) is 11.9 Å². The molecule has 0 heterocycles. The SMILES string of the molecule is Cc1cccc(CC(=O)NCC(=O)Nc2c(C)cc(C)cc2C)c1. The number of rotatable bonds is 5. The summed E-state index contributed by atoms with van der Waals surface area (Å²) in [5, 5.41) is 5.55. The molecular formula is C20H24N2O2. The first-order valence-electron chi connectivity index (χ1n) is 8.05. The van der Waals surface area contributed by atoms with Crippen LogP contribution in [0.15, 0.2) is 36.4 Å². The number of nitrogens with one attached hydrogen (secondary N) is 2. The molecular weight excluding hydrogens is 300 g/mol. The number of aryl methyl sites for hydroxylation is 4. The Morgan fingerprint density at radius 1 is 0.875 bits per heavy atom. The average molecular weight is 324 g/mol. The van der Waals surface area contributed by atoms with Crippen molar-refractivity contribution < 1.29 is 9.59 Å². The third-order valence-electron chi connectivity index (χ3n) is 3.83. The summed E-state index contributed by atoms with van der Waals surface area (Å²) in [4.78, 5) is 24.1. The van der Waals surface area contributed by atoms with Gasteiger partial charge in [-0.05, 0) is 44.4 Å². The van der Waals surface area contributed by atoms with Crippen LogP contribution in [0.5, 0.6) is 0 Å². The van der Waals surface area contributed by atoms with Gasteiger partial charge in [-0.1, -0.05) is 47.5 Å². The van der Waals surface area contributed by atoms with E-state index in [0.717, 1.165) is 33.5 Å². The van der Waals surface area contributed by atoms with Gasteiger partial charge in [-0.25, -0.2) is 0 Å². The standard InChI is InChI=1S/C20H24N2O2/c1-13-6-5-7-17(10-13)11-18(23)21-12-19(24)22-20-15(3)8-14(2)9-16(20)4/h5-10H,11-12H2,1-4H3,(H,21,23)(H,22,24). The topological polar surface area (TPSA) is 58.2 Å². The predicted octanol–water partition coefficient (Wildman–Crippen LogP) is 3.22. The van der Waals surface area contributed by atoms with Crippen molar-refractivity contribution in [3.05, 3.63) is 64.2 Å². The first kappa shape index (κ1) is 17.7. The molecule has 2 amide bonds. The molecule has 0 aliphatic carbocycles. The van der Waals surface area contributed by atoms with Crippen molar-refractivity contribution in [2.24, 2.45) is 0 Å². The molecule has 0 bridgehead atoms. The van der Waals surface area contributed by atoms with Gasteiger partial charge in [0.05, 0.1) is 13.0 Å². The Kier molecular flexibility index (Phi) is 5.74. The molecule has 24 heavy (non-hydrogen) atoms. The summed E-state index contributed by atoms with van der Waals surface area (Å²) in [5.74, 6) is -0.379. The summed E-state index contributed by atoms with van der Waals surface area (Å²) in [6.45, 7) is 7.91. The van der Waals surface area contributed by atoms with Crippen molar-refractivity contribution in [3.8, 4) is 0 Å². The quantitative estimate of drug-likeness (QED) is 0.887.